The molecule has 1 rings (SSSR count). The number of anilines is 1. The monoisotopic (exact) mass is 177 g/mol. The average molecular weight is 177 g/mol. The van der Waals surface area contributed by atoms with E-state index in [4.69, 9.17) is 0 Å². The van der Waals surface area contributed by atoms with Crippen molar-refractivity contribution in [2.24, 2.45) is 0 Å². The quantitative estimate of drug-likeness (QED) is 0.645. The number of rotatable bonds is 2. The summed E-state index contributed by atoms with van der Waals surface area (Å²) in [4.78, 5) is 10.7. The molecule has 0 aliphatic heterocycles. The van der Waals surface area contributed by atoms with Crippen LogP contribution in [0.5, 0.6) is 0 Å². The second-order valence-electron chi connectivity index (χ2n) is 2.98. The van der Waals surface area contributed by atoms with Gasteiger partial charge in [0.05, 0.1) is 0 Å². The predicted molar refractivity (Wildman–Crippen MR) is 54.2 cm³/mol. The van der Waals surface area contributed by atoms with Crippen LogP contribution in [0.1, 0.15) is 6.92 Å². The summed E-state index contributed by atoms with van der Waals surface area (Å²) in [5.41, 5.74) is 1.59. The van der Waals surface area contributed by atoms with Crippen molar-refractivity contribution in [1.82, 2.24) is 0 Å². The van der Waals surface area contributed by atoms with Gasteiger partial charge in [-0.05, 0) is 17.6 Å². The Morgan fingerprint density at radius 3 is 2.31 bits per heavy atom. The molecule has 0 fully saturated rings. The van der Waals surface area contributed by atoms with E-state index < -0.39 is 6.92 Å². The van der Waals surface area contributed by atoms with Crippen molar-refractivity contribution >= 4 is 24.0 Å². The van der Waals surface area contributed by atoms with Crippen molar-refractivity contribution in [2.45, 2.75) is 13.7 Å². The van der Waals surface area contributed by atoms with Crippen molar-refractivity contribution in [3.8, 4) is 0 Å². The minimum absolute atomic E-state index is 0.0928. The number of amides is 1. The minimum atomic E-state index is -0.466. The molecule has 1 amide bonds. The van der Waals surface area contributed by atoms with Gasteiger partial charge in [-0.1, -0.05) is 19.0 Å². The summed E-state index contributed by atoms with van der Waals surface area (Å²) in [6.45, 7) is 2.70. The summed E-state index contributed by atoms with van der Waals surface area (Å²) in [6, 6.07) is 7.11. The van der Waals surface area contributed by atoms with Gasteiger partial charge in [-0.15, -0.1) is 0 Å². The van der Waals surface area contributed by atoms with Gasteiger partial charge in [0, 0.05) is 12.6 Å². The molecular weight excluding hydrogens is 165 g/mol. The summed E-state index contributed by atoms with van der Waals surface area (Å²) in [5, 5.41) is 11.9. The number of nitrogens with one attached hydrogen (secondary N) is 1. The molecule has 4 heteroatoms. The molecule has 0 saturated carbocycles. The third-order valence-electron chi connectivity index (χ3n) is 1.71. The van der Waals surface area contributed by atoms with E-state index in [9.17, 15) is 9.82 Å². The lowest BCUT2D eigenvalue weighted by molar-refractivity contribution is -0.114. The molecule has 1 aromatic carbocycles. The van der Waals surface area contributed by atoms with E-state index in [-0.39, 0.29) is 5.91 Å². The highest BCUT2D eigenvalue weighted by molar-refractivity contribution is 6.64. The molecule has 3 nitrogen and oxygen atoms in total. The van der Waals surface area contributed by atoms with Gasteiger partial charge in [-0.2, -0.15) is 0 Å². The van der Waals surface area contributed by atoms with Crippen molar-refractivity contribution in [1.29, 1.82) is 0 Å². The van der Waals surface area contributed by atoms with E-state index >= 15 is 0 Å². The van der Waals surface area contributed by atoms with Crippen molar-refractivity contribution in [2.75, 3.05) is 5.32 Å². The molecule has 1 aromatic rings. The normalized spacial score (nSPS) is 9.46. The Balaban J connectivity index is 2.75. The van der Waals surface area contributed by atoms with Gasteiger partial charge in [0.1, 0.15) is 0 Å². The first-order valence-electron chi connectivity index (χ1n) is 4.15. The van der Waals surface area contributed by atoms with Crippen molar-refractivity contribution in [3.05, 3.63) is 24.3 Å². The topological polar surface area (TPSA) is 49.3 Å². The van der Waals surface area contributed by atoms with Crippen LogP contribution in [-0.4, -0.2) is 17.8 Å². The maximum absolute atomic E-state index is 10.7. The fraction of sp³-hybridized carbons (Fsp3) is 0.222. The van der Waals surface area contributed by atoms with Crippen LogP contribution in [0.4, 0.5) is 5.69 Å². The summed E-state index contributed by atoms with van der Waals surface area (Å²) in [7, 11) is 0. The molecule has 13 heavy (non-hydrogen) atoms. The first kappa shape index (κ1) is 9.80. The number of hydrogen-bond acceptors (Lipinski definition) is 2. The molecule has 2 N–H and O–H groups in total. The van der Waals surface area contributed by atoms with Crippen LogP contribution >= 0.6 is 0 Å². The maximum Gasteiger partial charge on any atom is 0.320 e. The zero-order valence-corrected chi connectivity index (χ0v) is 7.74. The molecule has 0 unspecified atom stereocenters. The number of carbonyl (C=O) groups is 1. The Morgan fingerprint density at radius 2 is 1.92 bits per heavy atom. The summed E-state index contributed by atoms with van der Waals surface area (Å²) in [5.74, 6) is -0.0928. The van der Waals surface area contributed by atoms with Crippen LogP contribution in [0.3, 0.4) is 0 Å². The zero-order valence-electron chi connectivity index (χ0n) is 7.74. The molecule has 0 aromatic heterocycles. The van der Waals surface area contributed by atoms with E-state index in [2.05, 4.69) is 5.32 Å². The van der Waals surface area contributed by atoms with Crippen LogP contribution < -0.4 is 10.8 Å². The van der Waals surface area contributed by atoms with Gasteiger partial charge in [-0.25, -0.2) is 0 Å². The molecule has 0 bridgehead atoms. The fourth-order valence-electron chi connectivity index (χ4n) is 1.05. The smallest absolute Gasteiger partial charge is 0.320 e. The lowest BCUT2D eigenvalue weighted by Crippen LogP contribution is -2.25. The average Bonchev–Trinajstić information content (AvgIpc) is 2.04. The number of hydrogen-bond donors (Lipinski definition) is 2. The molecule has 0 aliphatic rings. The highest BCUT2D eigenvalue weighted by atomic mass is 16.2. The van der Waals surface area contributed by atoms with Gasteiger partial charge in [0.15, 0.2) is 0 Å². The molecule has 0 heterocycles. The summed E-state index contributed by atoms with van der Waals surface area (Å²) in [6.07, 6.45) is 0. The minimum Gasteiger partial charge on any atom is -0.447 e. The maximum atomic E-state index is 10.7. The molecule has 0 radical (unpaired) electrons. The van der Waals surface area contributed by atoms with Crippen LogP contribution in [0.25, 0.3) is 0 Å². The zero-order chi connectivity index (χ0) is 9.84. The Labute approximate surface area is 77.9 Å². The van der Waals surface area contributed by atoms with Crippen LogP contribution in [0, 0.1) is 0 Å². The van der Waals surface area contributed by atoms with Crippen LogP contribution in [0.2, 0.25) is 6.82 Å². The Hall–Kier alpha value is -1.29. The van der Waals surface area contributed by atoms with Crippen molar-refractivity contribution in [3.63, 3.8) is 0 Å². The predicted octanol–water partition coefficient (Wildman–Crippen LogP) is 0.466. The second-order valence-corrected chi connectivity index (χ2v) is 2.98. The molecule has 0 atom stereocenters. The highest BCUT2D eigenvalue weighted by Gasteiger charge is 2.05. The third-order valence-corrected chi connectivity index (χ3v) is 1.71. The van der Waals surface area contributed by atoms with E-state index in [1.165, 1.54) is 6.92 Å². The van der Waals surface area contributed by atoms with Gasteiger partial charge in [-0.3, -0.25) is 4.79 Å². The van der Waals surface area contributed by atoms with E-state index in [0.717, 1.165) is 11.2 Å². The van der Waals surface area contributed by atoms with Gasteiger partial charge >= 0.3 is 6.92 Å². The lowest BCUT2D eigenvalue weighted by Gasteiger charge is -2.04. The second kappa shape index (κ2) is 4.09. The fourth-order valence-corrected chi connectivity index (χ4v) is 1.05. The largest absolute Gasteiger partial charge is 0.447 e. The standard InChI is InChI=1S/C9H12BNO2/c1-7(12)11-9-5-3-8(4-6-9)10(2)13/h3-6,13H,1-2H3,(H,11,12). The molecule has 0 spiro atoms. The number of benzene rings is 1. The number of carbonyl (C=O) groups excluding carboxylic acids is 1. The Morgan fingerprint density at radius 1 is 1.38 bits per heavy atom. The van der Waals surface area contributed by atoms with Crippen LogP contribution in [0.15, 0.2) is 24.3 Å². The van der Waals surface area contributed by atoms with E-state index in [0.29, 0.717) is 0 Å². The van der Waals surface area contributed by atoms with Gasteiger partial charge in [0.25, 0.3) is 0 Å². The molecule has 0 aliphatic carbocycles. The third kappa shape index (κ3) is 2.91. The Bertz CT molecular complexity index is 295. The van der Waals surface area contributed by atoms with Crippen LogP contribution in [-0.2, 0) is 4.79 Å². The van der Waals surface area contributed by atoms with Gasteiger partial charge in [0.2, 0.25) is 5.91 Å². The molecule has 0 saturated heterocycles. The lowest BCUT2D eigenvalue weighted by atomic mass is 9.64. The first-order chi connectivity index (χ1) is 6.09. The van der Waals surface area contributed by atoms with Gasteiger partial charge < -0.3 is 10.3 Å². The SMILES string of the molecule is CB(O)c1ccc(NC(C)=O)cc1. The summed E-state index contributed by atoms with van der Waals surface area (Å²) >= 11 is 0. The van der Waals surface area contributed by atoms with E-state index in [1.54, 1.807) is 31.1 Å². The summed E-state index contributed by atoms with van der Waals surface area (Å²) < 4.78 is 0. The Kier molecular flexibility index (Phi) is 3.09. The van der Waals surface area contributed by atoms with E-state index in [1.807, 2.05) is 0 Å². The molecule has 68 valence electrons. The molecular formula is C9H12BNO2. The highest BCUT2D eigenvalue weighted by Crippen LogP contribution is 2.03. The van der Waals surface area contributed by atoms with Crippen molar-refractivity contribution < 1.29 is 9.82 Å². The first-order valence-corrected chi connectivity index (χ1v) is 4.15.